The van der Waals surface area contributed by atoms with Crippen LogP contribution in [0.25, 0.3) is 16.6 Å². The second-order valence-electron chi connectivity index (χ2n) is 7.24. The number of nitrogens with zero attached hydrogens (tertiary/aromatic N) is 2. The summed E-state index contributed by atoms with van der Waals surface area (Å²) in [6.45, 7) is 2.01. The predicted molar refractivity (Wildman–Crippen MR) is 134 cm³/mol. The summed E-state index contributed by atoms with van der Waals surface area (Å²) in [5.74, 6) is 0.0144. The number of amides is 1. The highest BCUT2D eigenvalue weighted by atomic mass is 35.5. The van der Waals surface area contributed by atoms with E-state index in [2.05, 4.69) is 10.3 Å². The van der Waals surface area contributed by atoms with Crippen LogP contribution in [0.2, 0.25) is 5.02 Å². The molecule has 0 spiro atoms. The summed E-state index contributed by atoms with van der Waals surface area (Å²) < 4.78 is 1.50. The SMILES string of the molecule is CC(=O)NCCc1ccc(C(=O)CSc2nc3ccccc3c(=O)n2-c2cccc(Cl)c2)s1. The summed E-state index contributed by atoms with van der Waals surface area (Å²) in [6, 6.07) is 17.8. The van der Waals surface area contributed by atoms with Gasteiger partial charge in [0.05, 0.1) is 27.2 Å². The van der Waals surface area contributed by atoms with Crippen LogP contribution in [-0.4, -0.2) is 33.5 Å². The third-order valence-corrected chi connectivity index (χ3v) is 7.19. The van der Waals surface area contributed by atoms with Gasteiger partial charge in [-0.05, 0) is 48.9 Å². The first-order valence-electron chi connectivity index (χ1n) is 10.2. The fraction of sp³-hybridized carbons (Fsp3) is 0.167. The molecule has 4 aromatic rings. The number of Topliss-reactive ketones (excluding diaryl/α,β-unsaturated/α-hetero) is 1. The number of nitrogens with one attached hydrogen (secondary N) is 1. The van der Waals surface area contributed by atoms with Crippen molar-refractivity contribution >= 4 is 57.3 Å². The first kappa shape index (κ1) is 23.2. The Morgan fingerprint density at radius 1 is 1.12 bits per heavy atom. The number of carbonyl (C=O) groups excluding carboxylic acids is 2. The number of hydrogen-bond donors (Lipinski definition) is 1. The Kier molecular flexibility index (Phi) is 7.27. The van der Waals surface area contributed by atoms with Crippen molar-refractivity contribution in [2.24, 2.45) is 0 Å². The number of halogens is 1. The minimum Gasteiger partial charge on any atom is -0.356 e. The molecule has 0 radical (unpaired) electrons. The lowest BCUT2D eigenvalue weighted by molar-refractivity contribution is -0.118. The van der Waals surface area contributed by atoms with Gasteiger partial charge in [0.2, 0.25) is 5.91 Å². The van der Waals surface area contributed by atoms with E-state index in [0.29, 0.717) is 44.6 Å². The molecule has 2 heterocycles. The Balaban J connectivity index is 1.59. The van der Waals surface area contributed by atoms with Crippen molar-refractivity contribution in [2.75, 3.05) is 12.3 Å². The van der Waals surface area contributed by atoms with Gasteiger partial charge < -0.3 is 5.32 Å². The van der Waals surface area contributed by atoms with E-state index in [-0.39, 0.29) is 23.0 Å². The van der Waals surface area contributed by atoms with Gasteiger partial charge >= 0.3 is 0 Å². The number of thioether (sulfide) groups is 1. The average Bonchev–Trinajstić information content (AvgIpc) is 3.26. The van der Waals surface area contributed by atoms with Gasteiger partial charge in [0.15, 0.2) is 10.9 Å². The van der Waals surface area contributed by atoms with Crippen molar-refractivity contribution in [3.8, 4) is 5.69 Å². The Morgan fingerprint density at radius 3 is 2.73 bits per heavy atom. The van der Waals surface area contributed by atoms with Crippen LogP contribution >= 0.6 is 34.7 Å². The smallest absolute Gasteiger partial charge is 0.266 e. The van der Waals surface area contributed by atoms with Crippen molar-refractivity contribution in [3.63, 3.8) is 0 Å². The minimum absolute atomic E-state index is 0.0455. The number of carbonyl (C=O) groups is 2. The van der Waals surface area contributed by atoms with Crippen LogP contribution in [0.3, 0.4) is 0 Å². The number of aromatic nitrogens is 2. The number of benzene rings is 2. The molecule has 0 bridgehead atoms. The zero-order valence-electron chi connectivity index (χ0n) is 17.7. The molecule has 0 saturated carbocycles. The molecule has 2 aromatic carbocycles. The highest BCUT2D eigenvalue weighted by Gasteiger charge is 2.16. The van der Waals surface area contributed by atoms with Gasteiger partial charge in [0.1, 0.15) is 0 Å². The van der Waals surface area contributed by atoms with Crippen molar-refractivity contribution in [1.82, 2.24) is 14.9 Å². The molecule has 0 aliphatic heterocycles. The zero-order valence-corrected chi connectivity index (χ0v) is 20.1. The van der Waals surface area contributed by atoms with Crippen LogP contribution in [0.5, 0.6) is 0 Å². The highest BCUT2D eigenvalue weighted by molar-refractivity contribution is 7.99. The van der Waals surface area contributed by atoms with E-state index in [9.17, 15) is 14.4 Å². The second kappa shape index (κ2) is 10.3. The molecule has 6 nitrogen and oxygen atoms in total. The lowest BCUT2D eigenvalue weighted by atomic mass is 10.2. The number of thiophene rings is 1. The summed E-state index contributed by atoms with van der Waals surface area (Å²) in [7, 11) is 0. The maximum absolute atomic E-state index is 13.3. The van der Waals surface area contributed by atoms with Gasteiger partial charge in [-0.15, -0.1) is 11.3 Å². The minimum atomic E-state index is -0.214. The third kappa shape index (κ3) is 5.52. The molecule has 168 valence electrons. The van der Waals surface area contributed by atoms with E-state index in [1.807, 2.05) is 12.1 Å². The number of ketones is 1. The third-order valence-electron chi connectivity index (χ3n) is 4.83. The van der Waals surface area contributed by atoms with Gasteiger partial charge in [-0.25, -0.2) is 4.98 Å². The van der Waals surface area contributed by atoms with Crippen LogP contribution in [0.15, 0.2) is 70.6 Å². The van der Waals surface area contributed by atoms with Gasteiger partial charge in [0, 0.05) is 23.4 Å². The van der Waals surface area contributed by atoms with E-state index < -0.39 is 0 Å². The Bertz CT molecular complexity index is 1400. The van der Waals surface area contributed by atoms with E-state index in [4.69, 9.17) is 11.6 Å². The van der Waals surface area contributed by atoms with E-state index in [1.165, 1.54) is 34.6 Å². The van der Waals surface area contributed by atoms with Crippen LogP contribution in [-0.2, 0) is 11.2 Å². The molecule has 0 atom stereocenters. The summed E-state index contributed by atoms with van der Waals surface area (Å²) in [4.78, 5) is 43.5. The first-order chi connectivity index (χ1) is 15.9. The fourth-order valence-corrected chi connectivity index (χ4v) is 5.39. The molecule has 0 unspecified atom stereocenters. The largest absolute Gasteiger partial charge is 0.356 e. The molecule has 1 amide bonds. The average molecular weight is 498 g/mol. The summed E-state index contributed by atoms with van der Waals surface area (Å²) in [5, 5.41) is 4.18. The zero-order chi connectivity index (χ0) is 23.4. The topological polar surface area (TPSA) is 81.1 Å². The standard InChI is InChI=1S/C24H20ClN3O3S2/c1-15(29)26-12-11-18-9-10-22(33-18)21(30)14-32-24-27-20-8-3-2-7-19(20)23(31)28(24)17-6-4-5-16(25)13-17/h2-10,13H,11-12,14H2,1H3,(H,26,29). The number of fused-ring (bicyclic) bond motifs is 1. The summed E-state index contributed by atoms with van der Waals surface area (Å²) >= 11 is 8.80. The maximum Gasteiger partial charge on any atom is 0.266 e. The lowest BCUT2D eigenvalue weighted by Crippen LogP contribution is -2.22. The maximum atomic E-state index is 13.3. The van der Waals surface area contributed by atoms with Crippen LogP contribution in [0.4, 0.5) is 0 Å². The fourth-order valence-electron chi connectivity index (χ4n) is 3.28. The lowest BCUT2D eigenvalue weighted by Gasteiger charge is -2.13. The number of hydrogen-bond acceptors (Lipinski definition) is 6. The molecule has 9 heteroatoms. The van der Waals surface area contributed by atoms with Crippen LogP contribution in [0, 0.1) is 0 Å². The number of para-hydroxylation sites is 1. The molecule has 4 rings (SSSR count). The quantitative estimate of drug-likeness (QED) is 0.216. The first-order valence-corrected chi connectivity index (χ1v) is 12.4. The van der Waals surface area contributed by atoms with Crippen molar-refractivity contribution < 1.29 is 9.59 Å². The highest BCUT2D eigenvalue weighted by Crippen LogP contribution is 2.25. The molecule has 0 saturated heterocycles. The predicted octanol–water partition coefficient (Wildman–Crippen LogP) is 4.75. The summed E-state index contributed by atoms with van der Waals surface area (Å²) in [5.41, 5.74) is 0.957. The van der Waals surface area contributed by atoms with Crippen molar-refractivity contribution in [3.05, 3.63) is 85.8 Å². The Hall–Kier alpha value is -2.94. The monoisotopic (exact) mass is 497 g/mol. The van der Waals surface area contributed by atoms with Crippen LogP contribution in [0.1, 0.15) is 21.5 Å². The molecule has 0 fully saturated rings. The normalized spacial score (nSPS) is 11.0. The molecule has 2 aromatic heterocycles. The molecule has 33 heavy (non-hydrogen) atoms. The Labute approximate surface area is 203 Å². The molecule has 0 aliphatic carbocycles. The summed E-state index contributed by atoms with van der Waals surface area (Å²) in [6.07, 6.45) is 0.672. The molecule has 1 N–H and O–H groups in total. The van der Waals surface area contributed by atoms with Crippen molar-refractivity contribution in [2.45, 2.75) is 18.5 Å². The van der Waals surface area contributed by atoms with Gasteiger partial charge in [-0.1, -0.05) is 41.6 Å². The van der Waals surface area contributed by atoms with Gasteiger partial charge in [-0.3, -0.25) is 19.0 Å². The van der Waals surface area contributed by atoms with Gasteiger partial charge in [0.25, 0.3) is 5.56 Å². The molecule has 0 aliphatic rings. The molecular weight excluding hydrogens is 478 g/mol. The Morgan fingerprint density at radius 2 is 1.94 bits per heavy atom. The number of rotatable bonds is 8. The van der Waals surface area contributed by atoms with E-state index in [0.717, 1.165) is 4.88 Å². The van der Waals surface area contributed by atoms with E-state index >= 15 is 0 Å². The van der Waals surface area contributed by atoms with Crippen LogP contribution < -0.4 is 10.9 Å². The van der Waals surface area contributed by atoms with E-state index in [1.54, 1.807) is 48.5 Å². The molecular formula is C24H20ClN3O3S2. The second-order valence-corrected chi connectivity index (χ2v) is 9.79. The van der Waals surface area contributed by atoms with Gasteiger partial charge in [-0.2, -0.15) is 0 Å². The van der Waals surface area contributed by atoms with Crippen molar-refractivity contribution in [1.29, 1.82) is 0 Å².